The molecule has 1 aromatic carbocycles. The second-order valence-electron chi connectivity index (χ2n) is 11.7. The van der Waals surface area contributed by atoms with E-state index in [9.17, 15) is 14.6 Å². The molecule has 2 saturated heterocycles. The molecule has 2 N–H and O–H groups in total. The Bertz CT molecular complexity index is 1520. The first-order valence-corrected chi connectivity index (χ1v) is 14.6. The lowest BCUT2D eigenvalue weighted by Gasteiger charge is -2.31. The number of pyridine rings is 1. The summed E-state index contributed by atoms with van der Waals surface area (Å²) in [6, 6.07) is 2.67. The molecule has 0 radical (unpaired) electrons. The van der Waals surface area contributed by atoms with Gasteiger partial charge in [-0.25, -0.2) is 13.8 Å². The van der Waals surface area contributed by atoms with Gasteiger partial charge >= 0.3 is 6.01 Å². The minimum absolute atomic E-state index is 0.0253. The lowest BCUT2D eigenvalue weighted by Crippen LogP contribution is -2.43. The lowest BCUT2D eigenvalue weighted by molar-refractivity contribution is 0.107. The van der Waals surface area contributed by atoms with E-state index < -0.39 is 17.5 Å². The van der Waals surface area contributed by atoms with Crippen molar-refractivity contribution in [2.75, 3.05) is 44.4 Å². The lowest BCUT2D eigenvalue weighted by atomic mass is 9.95. The van der Waals surface area contributed by atoms with E-state index in [-0.39, 0.29) is 72.6 Å². The minimum Gasteiger partial charge on any atom is -0.508 e. The number of rotatable bonds is 7. The highest BCUT2D eigenvalue weighted by molar-refractivity contribution is 6.32. The number of fused-ring (bicyclic) bond motifs is 1. The van der Waals surface area contributed by atoms with E-state index in [4.69, 9.17) is 21.1 Å². The molecular formula is C29H32ClF2N5O4. The highest BCUT2D eigenvalue weighted by Gasteiger charge is 2.49. The smallest absolute Gasteiger partial charge is 0.319 e. The Morgan fingerprint density at radius 1 is 1.24 bits per heavy atom. The van der Waals surface area contributed by atoms with Crippen LogP contribution in [0.25, 0.3) is 22.2 Å². The zero-order valence-electron chi connectivity index (χ0n) is 22.7. The Balaban J connectivity index is 1.39. The number of hydrogen-bond donors (Lipinski definition) is 2. The van der Waals surface area contributed by atoms with Crippen LogP contribution in [0.5, 0.6) is 17.6 Å². The number of phenols is 1. The molecule has 3 aromatic rings. The number of β-amino-alcohol motifs (C(OH)–C–C–N with tert-alkyl or cyclic N) is 1. The third kappa shape index (κ3) is 4.53. The van der Waals surface area contributed by atoms with Gasteiger partial charge in [0.05, 0.1) is 18.2 Å². The third-order valence-electron chi connectivity index (χ3n) is 8.90. The second kappa shape index (κ2) is 10.1. The second-order valence-corrected chi connectivity index (χ2v) is 12.1. The van der Waals surface area contributed by atoms with Gasteiger partial charge in [0.1, 0.15) is 47.5 Å². The number of aliphatic hydroxyl groups is 1. The summed E-state index contributed by atoms with van der Waals surface area (Å²) < 4.78 is 43.2. The van der Waals surface area contributed by atoms with Crippen molar-refractivity contribution in [3.8, 4) is 28.9 Å². The SMILES string of the molecule is C[C@H]1COc2nc(-c3cc(O)cc(Cl)c3C3CC3)c(F)c3nc(OC[C@@]45CCCN4C[C@H](F)C5)nc(c23)N1CCO. The molecule has 1 aliphatic carbocycles. The third-order valence-corrected chi connectivity index (χ3v) is 9.22. The molecule has 0 unspecified atom stereocenters. The highest BCUT2D eigenvalue weighted by atomic mass is 35.5. The molecule has 12 heteroatoms. The summed E-state index contributed by atoms with van der Waals surface area (Å²) in [4.78, 5) is 17.8. The molecule has 3 atom stereocenters. The van der Waals surface area contributed by atoms with Gasteiger partial charge in [-0.15, -0.1) is 0 Å². The van der Waals surface area contributed by atoms with Crippen molar-refractivity contribution in [2.45, 2.75) is 62.7 Å². The first kappa shape index (κ1) is 26.9. The van der Waals surface area contributed by atoms with Crippen molar-refractivity contribution >= 4 is 28.3 Å². The van der Waals surface area contributed by atoms with Crippen LogP contribution in [-0.2, 0) is 0 Å². The quantitative estimate of drug-likeness (QED) is 0.410. The van der Waals surface area contributed by atoms with Crippen LogP contribution in [0.15, 0.2) is 12.1 Å². The Morgan fingerprint density at radius 3 is 2.85 bits per heavy atom. The number of nitrogens with zero attached hydrogens (tertiary/aromatic N) is 5. The zero-order valence-corrected chi connectivity index (χ0v) is 23.5. The molecule has 3 fully saturated rings. The van der Waals surface area contributed by atoms with Crippen LogP contribution >= 0.6 is 11.6 Å². The summed E-state index contributed by atoms with van der Waals surface area (Å²) in [6.45, 7) is 3.59. The summed E-state index contributed by atoms with van der Waals surface area (Å²) in [5.41, 5.74) is 0.628. The van der Waals surface area contributed by atoms with Crippen molar-refractivity contribution in [3.63, 3.8) is 0 Å². The maximum atomic E-state index is 16.6. The fourth-order valence-corrected chi connectivity index (χ4v) is 7.19. The van der Waals surface area contributed by atoms with Crippen molar-refractivity contribution in [2.24, 2.45) is 0 Å². The molecular weight excluding hydrogens is 556 g/mol. The van der Waals surface area contributed by atoms with Crippen LogP contribution in [0.3, 0.4) is 0 Å². The van der Waals surface area contributed by atoms with Gasteiger partial charge < -0.3 is 24.6 Å². The maximum Gasteiger partial charge on any atom is 0.319 e. The van der Waals surface area contributed by atoms with Gasteiger partial charge in [-0.05, 0) is 62.8 Å². The van der Waals surface area contributed by atoms with Gasteiger partial charge in [-0.1, -0.05) is 11.6 Å². The molecule has 3 aliphatic heterocycles. The van der Waals surface area contributed by atoms with E-state index in [1.54, 1.807) is 0 Å². The molecule has 4 aliphatic rings. The maximum absolute atomic E-state index is 16.6. The number of benzene rings is 1. The molecule has 0 amide bonds. The van der Waals surface area contributed by atoms with Gasteiger partial charge in [-0.3, -0.25) is 4.90 Å². The van der Waals surface area contributed by atoms with Crippen LogP contribution in [0.2, 0.25) is 5.02 Å². The monoisotopic (exact) mass is 587 g/mol. The molecule has 218 valence electrons. The number of ether oxygens (including phenoxy) is 2. The Labute approximate surface area is 241 Å². The van der Waals surface area contributed by atoms with Gasteiger partial charge in [0.25, 0.3) is 0 Å². The van der Waals surface area contributed by atoms with Gasteiger partial charge in [0.2, 0.25) is 5.88 Å². The van der Waals surface area contributed by atoms with E-state index >= 15 is 4.39 Å². The molecule has 1 saturated carbocycles. The number of anilines is 1. The fraction of sp³-hybridized carbons (Fsp3) is 0.552. The molecule has 7 rings (SSSR count). The van der Waals surface area contributed by atoms with Crippen molar-refractivity contribution < 1.29 is 28.5 Å². The van der Waals surface area contributed by atoms with Crippen molar-refractivity contribution in [1.82, 2.24) is 19.9 Å². The summed E-state index contributed by atoms with van der Waals surface area (Å²) in [5.74, 6) is -0.157. The first-order chi connectivity index (χ1) is 19.8. The Morgan fingerprint density at radius 2 is 2.07 bits per heavy atom. The van der Waals surface area contributed by atoms with Crippen LogP contribution < -0.4 is 14.4 Å². The molecule has 9 nitrogen and oxygen atoms in total. The summed E-state index contributed by atoms with van der Waals surface area (Å²) >= 11 is 6.53. The normalized spacial score (nSPS) is 25.8. The van der Waals surface area contributed by atoms with Gasteiger partial charge in [0, 0.05) is 30.1 Å². The van der Waals surface area contributed by atoms with Crippen molar-refractivity contribution in [1.29, 1.82) is 0 Å². The van der Waals surface area contributed by atoms with E-state index in [2.05, 4.69) is 19.9 Å². The average Bonchev–Trinajstić information content (AvgIpc) is 3.64. The molecule has 0 spiro atoms. The summed E-state index contributed by atoms with van der Waals surface area (Å²) in [5, 5.41) is 20.9. The first-order valence-electron chi connectivity index (χ1n) is 14.2. The largest absolute Gasteiger partial charge is 0.508 e. The number of hydrogen-bond acceptors (Lipinski definition) is 9. The predicted molar refractivity (Wildman–Crippen MR) is 149 cm³/mol. The minimum atomic E-state index is -0.914. The highest BCUT2D eigenvalue weighted by Crippen LogP contribution is 2.50. The molecule has 2 aromatic heterocycles. The fourth-order valence-electron chi connectivity index (χ4n) is 6.82. The number of aliphatic hydroxyl groups excluding tert-OH is 1. The Hall–Kier alpha value is -3.02. The van der Waals surface area contributed by atoms with Crippen LogP contribution in [-0.4, -0.2) is 87.3 Å². The molecule has 41 heavy (non-hydrogen) atoms. The summed E-state index contributed by atoms with van der Waals surface area (Å²) in [7, 11) is 0. The number of phenolic OH excluding ortho intramolecular Hbond substituents is 1. The van der Waals surface area contributed by atoms with Gasteiger partial charge in [0.15, 0.2) is 5.82 Å². The van der Waals surface area contributed by atoms with Crippen molar-refractivity contribution in [3.05, 3.63) is 28.5 Å². The van der Waals surface area contributed by atoms with Gasteiger partial charge in [-0.2, -0.15) is 9.97 Å². The van der Waals surface area contributed by atoms with E-state index in [1.807, 2.05) is 11.8 Å². The average molecular weight is 588 g/mol. The van der Waals surface area contributed by atoms with Crippen LogP contribution in [0, 0.1) is 5.82 Å². The summed E-state index contributed by atoms with van der Waals surface area (Å²) in [6.07, 6.45) is 3.05. The Kier molecular flexibility index (Phi) is 6.59. The standard InChI is InChI=1S/C29H32ClF2N5O4/c1-15-13-40-27-22-25(23(32)24(33-27)19-9-18(39)10-20(30)21(19)16-3-4-16)34-28(35-26(22)37(15)7-8-38)41-14-29-5-2-6-36(29)12-17(31)11-29/h9-10,15-17,38-39H,2-8,11-14H2,1H3/t15-,17+,29-/m0/s1. The van der Waals surface area contributed by atoms with Crippen LogP contribution in [0.4, 0.5) is 14.6 Å². The predicted octanol–water partition coefficient (Wildman–Crippen LogP) is 4.60. The topological polar surface area (TPSA) is 104 Å². The zero-order chi connectivity index (χ0) is 28.5. The molecule has 5 heterocycles. The van der Waals surface area contributed by atoms with Crippen LogP contribution in [0.1, 0.15) is 50.5 Å². The molecule has 0 bridgehead atoms. The number of aromatic hydroxyl groups is 1. The number of aromatic nitrogens is 3. The number of alkyl halides is 1. The van der Waals surface area contributed by atoms with E-state index in [1.165, 1.54) is 12.1 Å². The number of halogens is 3. The van der Waals surface area contributed by atoms with E-state index in [0.717, 1.165) is 37.8 Å². The van der Waals surface area contributed by atoms with E-state index in [0.29, 0.717) is 29.4 Å².